The lowest BCUT2D eigenvalue weighted by Crippen LogP contribution is -2.11. The van der Waals surface area contributed by atoms with Crippen LogP contribution in [0.2, 0.25) is 0 Å². The highest BCUT2D eigenvalue weighted by Gasteiger charge is 2.21. The van der Waals surface area contributed by atoms with Crippen molar-refractivity contribution in [3.63, 3.8) is 0 Å². The number of anilines is 1. The molecule has 2 heterocycles. The second-order valence-corrected chi connectivity index (χ2v) is 6.39. The topological polar surface area (TPSA) is 120 Å². The predicted molar refractivity (Wildman–Crippen MR) is 107 cm³/mol. The number of ether oxygens (including phenoxy) is 1. The molecule has 2 aromatic carbocycles. The number of rotatable bonds is 6. The summed E-state index contributed by atoms with van der Waals surface area (Å²) in [7, 11) is 0. The van der Waals surface area contributed by atoms with Gasteiger partial charge in [-0.1, -0.05) is 18.2 Å². The van der Waals surface area contributed by atoms with Crippen LogP contribution < -0.4 is 10.5 Å². The van der Waals surface area contributed by atoms with Crippen LogP contribution in [0.15, 0.2) is 54.9 Å². The fourth-order valence-electron chi connectivity index (χ4n) is 3.02. The largest absolute Gasteiger partial charge is 0.457 e. The summed E-state index contributed by atoms with van der Waals surface area (Å²) in [5, 5.41) is 13.4. The van der Waals surface area contributed by atoms with Gasteiger partial charge < -0.3 is 10.5 Å². The van der Waals surface area contributed by atoms with Crippen LogP contribution in [0.4, 0.5) is 10.2 Å². The van der Waals surface area contributed by atoms with E-state index in [4.69, 9.17) is 15.7 Å². The number of nitrogens with two attached hydrogens (primary N) is 1. The Hall–Kier alpha value is -4.32. The Morgan fingerprint density at radius 1 is 1.17 bits per heavy atom. The summed E-state index contributed by atoms with van der Waals surface area (Å²) in [6.07, 6.45) is 0.971. The number of ketones is 1. The molecule has 0 saturated carbocycles. The van der Waals surface area contributed by atoms with Gasteiger partial charge in [-0.15, -0.1) is 0 Å². The van der Waals surface area contributed by atoms with Crippen LogP contribution in [0.25, 0.3) is 22.3 Å². The quantitative estimate of drug-likeness (QED) is 0.524. The van der Waals surface area contributed by atoms with Gasteiger partial charge in [0.05, 0.1) is 17.9 Å². The summed E-state index contributed by atoms with van der Waals surface area (Å²) < 4.78 is 21.9. The van der Waals surface area contributed by atoms with E-state index in [0.29, 0.717) is 16.9 Å². The van der Waals surface area contributed by atoms with Gasteiger partial charge in [-0.2, -0.15) is 10.4 Å². The lowest BCUT2D eigenvalue weighted by atomic mass is 10.1. The molecular formula is C21H15FN6O2. The van der Waals surface area contributed by atoms with E-state index >= 15 is 0 Å². The number of nitrogens with zero attached hydrogens (tertiary/aromatic N) is 5. The first-order valence-corrected chi connectivity index (χ1v) is 8.95. The Labute approximate surface area is 170 Å². The summed E-state index contributed by atoms with van der Waals surface area (Å²) in [6.45, 7) is -0.183. The number of fused-ring (bicyclic) bond motifs is 1. The lowest BCUT2D eigenvalue weighted by molar-refractivity contribution is -0.118. The lowest BCUT2D eigenvalue weighted by Gasteiger charge is -2.07. The molecule has 0 saturated heterocycles. The molecular weight excluding hydrogens is 387 g/mol. The Balaban J connectivity index is 1.75. The number of carbonyl (C=O) groups excluding carboxylic acids is 1. The maximum absolute atomic E-state index is 15.0. The highest BCUT2D eigenvalue weighted by atomic mass is 19.1. The zero-order valence-corrected chi connectivity index (χ0v) is 15.6. The summed E-state index contributed by atoms with van der Waals surface area (Å²) >= 11 is 0. The molecule has 0 bridgehead atoms. The van der Waals surface area contributed by atoms with E-state index in [1.807, 2.05) is 18.2 Å². The molecule has 0 spiro atoms. The molecule has 0 unspecified atom stereocenters. The van der Waals surface area contributed by atoms with E-state index in [0.717, 1.165) is 0 Å². The van der Waals surface area contributed by atoms with Gasteiger partial charge in [0.2, 0.25) is 0 Å². The standard InChI is InChI=1S/C21H15FN6O2/c22-17-10-15(30-14-4-2-1-3-5-14)6-7-16(17)19-18-20(24)25-12-26-21(18)28(27-19)11-13(29)8-9-23/h1-7,10,12H,8,11H2,(H2,24,25,26). The zero-order chi connectivity index (χ0) is 21.1. The molecule has 2 aromatic heterocycles. The molecule has 0 fully saturated rings. The Morgan fingerprint density at radius 3 is 2.70 bits per heavy atom. The molecule has 0 aliphatic carbocycles. The average Bonchev–Trinajstić information content (AvgIpc) is 3.08. The first-order chi connectivity index (χ1) is 14.6. The average molecular weight is 402 g/mol. The minimum Gasteiger partial charge on any atom is -0.457 e. The van der Waals surface area contributed by atoms with Gasteiger partial charge >= 0.3 is 0 Å². The van der Waals surface area contributed by atoms with Crippen molar-refractivity contribution in [2.24, 2.45) is 0 Å². The molecule has 148 valence electrons. The zero-order valence-electron chi connectivity index (χ0n) is 15.6. The number of aromatic nitrogens is 4. The van der Waals surface area contributed by atoms with E-state index in [1.165, 1.54) is 23.1 Å². The number of halogens is 1. The number of carbonyl (C=O) groups is 1. The van der Waals surface area contributed by atoms with Gasteiger partial charge in [0.1, 0.15) is 41.7 Å². The molecule has 9 heteroatoms. The molecule has 2 N–H and O–H groups in total. The van der Waals surface area contributed by atoms with E-state index < -0.39 is 5.82 Å². The van der Waals surface area contributed by atoms with E-state index in [9.17, 15) is 9.18 Å². The van der Waals surface area contributed by atoms with Crippen molar-refractivity contribution in [2.45, 2.75) is 13.0 Å². The van der Waals surface area contributed by atoms with Gasteiger partial charge in [0, 0.05) is 11.6 Å². The first-order valence-electron chi connectivity index (χ1n) is 8.95. The van der Waals surface area contributed by atoms with Crippen molar-refractivity contribution in [1.29, 1.82) is 5.26 Å². The third-order valence-electron chi connectivity index (χ3n) is 4.34. The molecule has 0 amide bonds. The van der Waals surface area contributed by atoms with Gasteiger partial charge in [-0.25, -0.2) is 19.0 Å². The number of hydrogen-bond acceptors (Lipinski definition) is 7. The maximum Gasteiger partial charge on any atom is 0.168 e. The number of para-hydroxylation sites is 1. The number of Topliss-reactive ketones (excluding diaryl/α,β-unsaturated/α-hetero) is 1. The van der Waals surface area contributed by atoms with Crippen LogP contribution in [-0.2, 0) is 11.3 Å². The summed E-state index contributed by atoms with van der Waals surface area (Å²) in [5.74, 6) is 0.0740. The Kier molecular flexibility index (Phi) is 5.05. The van der Waals surface area contributed by atoms with E-state index in [2.05, 4.69) is 15.1 Å². The van der Waals surface area contributed by atoms with Gasteiger partial charge in [-0.05, 0) is 24.3 Å². The fraction of sp³-hybridized carbons (Fsp3) is 0.0952. The maximum atomic E-state index is 15.0. The van der Waals surface area contributed by atoms with Crippen LogP contribution in [0, 0.1) is 17.1 Å². The van der Waals surface area contributed by atoms with Crippen molar-refractivity contribution < 1.29 is 13.9 Å². The molecule has 4 rings (SSSR count). The molecule has 0 atom stereocenters. The minimum atomic E-state index is -0.582. The molecule has 30 heavy (non-hydrogen) atoms. The third-order valence-corrected chi connectivity index (χ3v) is 4.34. The third kappa shape index (κ3) is 3.66. The molecule has 0 radical (unpaired) electrons. The normalized spacial score (nSPS) is 10.7. The first kappa shape index (κ1) is 19.0. The molecule has 0 aliphatic rings. The van der Waals surface area contributed by atoms with Crippen molar-refractivity contribution in [3.05, 3.63) is 60.7 Å². The van der Waals surface area contributed by atoms with Crippen molar-refractivity contribution >= 4 is 22.6 Å². The van der Waals surface area contributed by atoms with Crippen LogP contribution >= 0.6 is 0 Å². The van der Waals surface area contributed by atoms with Crippen molar-refractivity contribution in [2.75, 3.05) is 5.73 Å². The monoisotopic (exact) mass is 402 g/mol. The molecule has 0 aliphatic heterocycles. The number of hydrogen-bond donors (Lipinski definition) is 1. The van der Waals surface area contributed by atoms with E-state index in [1.54, 1.807) is 24.3 Å². The van der Waals surface area contributed by atoms with Crippen LogP contribution in [-0.4, -0.2) is 25.5 Å². The second kappa shape index (κ2) is 7.97. The highest BCUT2D eigenvalue weighted by Crippen LogP contribution is 2.34. The number of nitrogen functional groups attached to an aromatic ring is 1. The highest BCUT2D eigenvalue weighted by molar-refractivity contribution is 5.99. The smallest absolute Gasteiger partial charge is 0.168 e. The van der Waals surface area contributed by atoms with Crippen LogP contribution in [0.5, 0.6) is 11.5 Å². The molecule has 8 nitrogen and oxygen atoms in total. The Bertz CT molecular complexity index is 1280. The SMILES string of the molecule is N#CCC(=O)Cn1nc(-c2ccc(Oc3ccccc3)cc2F)c2c(N)ncnc21. The van der Waals surface area contributed by atoms with Crippen LogP contribution in [0.3, 0.4) is 0 Å². The van der Waals surface area contributed by atoms with Crippen molar-refractivity contribution in [1.82, 2.24) is 19.7 Å². The Morgan fingerprint density at radius 2 is 1.97 bits per heavy atom. The fourth-order valence-corrected chi connectivity index (χ4v) is 3.02. The second-order valence-electron chi connectivity index (χ2n) is 6.39. The number of nitriles is 1. The minimum absolute atomic E-state index is 0.109. The van der Waals surface area contributed by atoms with E-state index in [-0.39, 0.29) is 41.5 Å². The predicted octanol–water partition coefficient (Wildman–Crippen LogP) is 3.49. The van der Waals surface area contributed by atoms with Crippen LogP contribution in [0.1, 0.15) is 6.42 Å². The van der Waals surface area contributed by atoms with Crippen molar-refractivity contribution in [3.8, 4) is 28.8 Å². The summed E-state index contributed by atoms with van der Waals surface area (Å²) in [6, 6.07) is 15.2. The molecule has 4 aromatic rings. The van der Waals surface area contributed by atoms with Gasteiger partial charge in [-0.3, -0.25) is 4.79 Å². The van der Waals surface area contributed by atoms with Gasteiger partial charge in [0.15, 0.2) is 11.4 Å². The summed E-state index contributed by atoms with van der Waals surface area (Å²) in [4.78, 5) is 20.0. The summed E-state index contributed by atoms with van der Waals surface area (Å²) in [5.41, 5.74) is 6.64. The van der Waals surface area contributed by atoms with Gasteiger partial charge in [0.25, 0.3) is 0 Å². The number of benzene rings is 2.